The van der Waals surface area contributed by atoms with Gasteiger partial charge in [-0.2, -0.15) is 44.7 Å². The Hall–Kier alpha value is -1.72. The van der Waals surface area contributed by atoms with Crippen LogP contribution in [0, 0.1) is 71.0 Å². The average molecular weight is 2200 g/mol. The Morgan fingerprint density at radius 2 is 1.01 bits per heavy atom. The second kappa shape index (κ2) is 54.8. The number of rotatable bonds is 65. The Bertz CT molecular complexity index is 3330. The second-order valence-corrected chi connectivity index (χ2v) is 57.6. The van der Waals surface area contributed by atoms with Gasteiger partial charge in [-0.05, 0) is 103 Å². The second-order valence-electron chi connectivity index (χ2n) is 30.4. The third-order valence-electron chi connectivity index (χ3n) is 23.3. The van der Waals surface area contributed by atoms with Gasteiger partial charge in [0.15, 0.2) is 0 Å². The molecule has 2 aliphatic rings. The van der Waals surface area contributed by atoms with E-state index in [1.54, 1.807) is 96.1 Å². The molecule has 0 aromatic rings. The molecule has 0 bridgehead atoms. The summed E-state index contributed by atoms with van der Waals surface area (Å²) in [5.74, 6) is -30.5. The van der Waals surface area contributed by atoms with Crippen LogP contribution in [-0.4, -0.2) is 284 Å². The van der Waals surface area contributed by atoms with E-state index in [0.29, 0.717) is 18.9 Å². The summed E-state index contributed by atoms with van der Waals surface area (Å²) in [6.45, 7) is 26.7. The lowest BCUT2D eigenvalue weighted by Gasteiger charge is -2.49. The molecule has 0 aromatic carbocycles. The molecule has 3 amide bonds. The molecule has 35 nitrogen and oxygen atoms in total. The van der Waals surface area contributed by atoms with Gasteiger partial charge in [0.25, 0.3) is 0 Å². The topological polar surface area (TPSA) is 491 Å². The van der Waals surface area contributed by atoms with Crippen molar-refractivity contribution in [2.75, 3.05) is 95.4 Å². The number of aliphatic carboxylic acids is 7. The molecule has 0 aliphatic carbocycles. The molecule has 49 heteroatoms. The minimum absolute atomic E-state index is 0. The fraction of sp³-hybridized carbons (Fsp3) is 0.833. The predicted molar refractivity (Wildman–Crippen MR) is 495 cm³/mol. The summed E-state index contributed by atoms with van der Waals surface area (Å²) in [7, 11) is -3.65. The summed E-state index contributed by atoms with van der Waals surface area (Å²) in [6.07, 6.45) is 0.0351. The number of esters is 2. The number of carbonyl (C=O) groups excluding carboxylic acids is 5. The number of imide groups is 1. The van der Waals surface area contributed by atoms with Gasteiger partial charge in [0.2, 0.25) is 27.4 Å². The molecule has 2 fully saturated rings. The Labute approximate surface area is 767 Å². The molecule has 2 saturated heterocycles. The summed E-state index contributed by atoms with van der Waals surface area (Å²) in [5, 5.41) is 74.7. The van der Waals surface area contributed by atoms with E-state index in [1.165, 1.54) is 49.6 Å². The van der Waals surface area contributed by atoms with Crippen LogP contribution < -0.4 is 5.32 Å². The van der Waals surface area contributed by atoms with Crippen LogP contribution in [-0.2, 0) is 119 Å². The van der Waals surface area contributed by atoms with Crippen LogP contribution in [0.1, 0.15) is 170 Å². The van der Waals surface area contributed by atoms with Crippen LogP contribution in [0.4, 0.5) is 0 Å². The fourth-order valence-electron chi connectivity index (χ4n) is 17.7. The Kier molecular flexibility index (Phi) is 53.1. The lowest BCUT2D eigenvalue weighted by Crippen LogP contribution is -2.65. The molecule has 121 heavy (non-hydrogen) atoms. The third-order valence-corrected chi connectivity index (χ3v) is 51.4. The normalized spacial score (nSPS) is 21.3. The van der Waals surface area contributed by atoms with E-state index in [-0.39, 0.29) is 115 Å². The number of halogens is 3. The van der Waals surface area contributed by atoms with Crippen molar-refractivity contribution in [2.24, 2.45) is 71.0 Å². The molecule has 8 N–H and O–H groups in total. The first-order valence-electron chi connectivity index (χ1n) is 40.6. The van der Waals surface area contributed by atoms with Crippen molar-refractivity contribution in [2.45, 2.75) is 219 Å². The molecular formula is C72H133B3I3N2O33P3Si5. The van der Waals surface area contributed by atoms with Gasteiger partial charge in [0, 0.05) is 143 Å². The number of cyclic esters (lactones) is 2. The van der Waals surface area contributed by atoms with E-state index in [9.17, 15) is 93.3 Å². The minimum atomic E-state index is -4.80. The lowest BCUT2D eigenvalue weighted by molar-refractivity contribution is -0.158. The summed E-state index contributed by atoms with van der Waals surface area (Å²) in [6, 6.07) is 0.700. The molecule has 0 saturated carbocycles. The van der Waals surface area contributed by atoms with Crippen molar-refractivity contribution in [3.63, 3.8) is 0 Å². The maximum atomic E-state index is 14.5. The van der Waals surface area contributed by atoms with Crippen molar-refractivity contribution in [3.8, 4) is 0 Å². The third kappa shape index (κ3) is 29.6. The summed E-state index contributed by atoms with van der Waals surface area (Å²) >= 11 is 5.77. The maximum Gasteiger partial charge on any atom is 0.505 e. The van der Waals surface area contributed by atoms with Gasteiger partial charge in [-0.1, -0.05) is 110 Å². The number of ether oxygens (including phenoxy) is 1. The van der Waals surface area contributed by atoms with Crippen molar-refractivity contribution in [1.29, 1.82) is 0 Å². The van der Waals surface area contributed by atoms with Crippen LogP contribution in [0.5, 0.6) is 0 Å². The fourth-order valence-corrected chi connectivity index (χ4v) is 43.9. The Balaban J connectivity index is 0.00000271. The Morgan fingerprint density at radius 1 is 0.570 bits per heavy atom. The SMILES string of the molecule is CCO[Si](OCC)(OCC)C(CC)C1C(=O)OC(=O)C1CC(C)(P[B]I)C(C(=O)O)C(C)C(=O)NCCC[Si](OC)(OC)OC.[2HH].[B]P(I)C(C)(CC(C(=O)O)C(C(=O)O)C(CC)[Si](CCC)(OCC)O[Si](OCC)(OCC)C(CC)C(C(=O)O)C(CC(C)(P[B]I)C1C(=O)N(CCC[Si](OC)(OC)OC)C(=O)C1C)C(=O)O)C(C(=O)O)C(C)C(=O)O. The largest absolute Gasteiger partial charge is 0.505 e. The van der Waals surface area contributed by atoms with E-state index >= 15 is 0 Å². The number of carbonyl (C=O) groups is 12. The summed E-state index contributed by atoms with van der Waals surface area (Å²) in [4.78, 5) is 167. The molecule has 0 aromatic heterocycles. The molecule has 2 heterocycles. The van der Waals surface area contributed by atoms with E-state index in [4.69, 9.17) is 69.5 Å². The highest BCUT2D eigenvalue weighted by atomic mass is 127. The van der Waals surface area contributed by atoms with Crippen molar-refractivity contribution in [1.82, 2.24) is 10.2 Å². The maximum absolute atomic E-state index is 14.5. The number of carboxylic acids is 7. The molecule has 2 rings (SSSR count). The zero-order chi connectivity index (χ0) is 93.3. The standard InChI is InChI=1S/C45H80B2I2NO21P2Si3.C27H51BINO12PSi2.H2/c1-14-22-74(68-17-4,30(15-2)32(41(59)60)29(40(57)58)25-45(10,73(46)49)35(43(63)64)27(8)38(53)54)71-76(69-18-5,70-19-6)31(16-3)33(42(61)62)28(39(55)56)24-44(9,72-47-48)34-26(7)36(51)50(37(34)52)21-20-23-75(65-11,66-12)67-13;1-10-20(45(39-11-2,40-12-3)41-13-4)21-19(25(34)42-26(21)35)17-27(6,43-28-29)22(24(32)33)18(5)23(31)30-15-14-16-44(36-7,37-8)38-9;/h26-35,72H,14-25H2,1-13H3,(H,53,54)(H,55,56)(H,57,58)(H,59,60)(H,61,62)(H,63,64);18-22,43H,10-17H2,1-9H3,(H,30,31)(H,32,33);1H/i;;1+1. The van der Waals surface area contributed by atoms with Crippen LogP contribution in [0.15, 0.2) is 0 Å². The van der Waals surface area contributed by atoms with Gasteiger partial charge in [0.05, 0.1) is 59.2 Å². The Morgan fingerprint density at radius 3 is 1.39 bits per heavy atom. The average Bonchev–Trinajstić information content (AvgIpc) is 1.04. The monoisotopic (exact) mass is 2200 g/mol. The van der Waals surface area contributed by atoms with E-state index in [0.717, 1.165) is 11.8 Å². The molecule has 22 unspecified atom stereocenters. The number of hydrogen-bond donors (Lipinski definition) is 8. The lowest BCUT2D eigenvalue weighted by atomic mass is 9.74. The molecular weight excluding hydrogens is 2070 g/mol. The first-order valence-corrected chi connectivity index (χ1v) is 59.0. The number of amides is 3. The first-order chi connectivity index (χ1) is 56.6. The molecule has 694 valence electrons. The molecule has 0 spiro atoms. The zero-order valence-corrected chi connectivity index (χ0v) is 88.2. The van der Waals surface area contributed by atoms with Gasteiger partial charge in [0.1, 0.15) is 7.57 Å². The highest BCUT2D eigenvalue weighted by Gasteiger charge is 2.67. The van der Waals surface area contributed by atoms with E-state index in [1.807, 2.05) is 77.3 Å². The minimum Gasteiger partial charge on any atom is -0.481 e. The number of hydrogen-bond acceptors (Lipinski definition) is 26. The quantitative estimate of drug-likeness (QED) is 0.00533. The van der Waals surface area contributed by atoms with Gasteiger partial charge >= 0.3 is 97.5 Å². The first kappa shape index (κ1) is 117. The van der Waals surface area contributed by atoms with Crippen molar-refractivity contribution < 1.29 is 157 Å². The van der Waals surface area contributed by atoms with Gasteiger partial charge in [-0.25, -0.2) is 0 Å². The number of likely N-dealkylation sites (tertiary alicyclic amines) is 1. The van der Waals surface area contributed by atoms with Gasteiger partial charge in [-0.15, -0.1) is 16.9 Å². The van der Waals surface area contributed by atoms with Crippen LogP contribution in [0.25, 0.3) is 0 Å². The highest BCUT2D eigenvalue weighted by molar-refractivity contribution is 14.2. The van der Waals surface area contributed by atoms with Gasteiger partial charge < -0.3 is 103 Å². The smallest absolute Gasteiger partial charge is 0.481 e. The predicted octanol–water partition coefficient (Wildman–Crippen LogP) is 11.3. The van der Waals surface area contributed by atoms with Crippen molar-refractivity contribution >= 4 is 222 Å². The summed E-state index contributed by atoms with van der Waals surface area (Å²) in [5.41, 5.74) is -5.36. The number of nitrogens with one attached hydrogen (secondary N) is 1. The van der Waals surface area contributed by atoms with Crippen molar-refractivity contribution in [3.05, 3.63) is 0 Å². The molecule has 2 aliphatic heterocycles. The number of nitrogens with zero attached hydrogens (tertiary/aromatic N) is 1. The highest BCUT2D eigenvalue weighted by Crippen LogP contribution is 2.63. The van der Waals surface area contributed by atoms with Gasteiger partial charge in [-0.3, -0.25) is 62.4 Å². The van der Waals surface area contributed by atoms with Crippen LogP contribution in [0.2, 0.25) is 34.8 Å². The zero-order valence-electron chi connectivity index (χ0n) is 73.8. The van der Waals surface area contributed by atoms with E-state index in [2.05, 4.69) is 5.32 Å². The van der Waals surface area contributed by atoms with E-state index < -0.39 is 237 Å². The summed E-state index contributed by atoms with van der Waals surface area (Å²) < 4.78 is 83.6. The van der Waals surface area contributed by atoms with Crippen LogP contribution in [0.3, 0.4) is 0 Å². The molecule has 22 atom stereocenters. The molecule has 4 radical (unpaired) electrons. The van der Waals surface area contributed by atoms with Crippen LogP contribution >= 0.6 is 89.2 Å². The number of carboxylic acid groups (broad SMARTS) is 7.